The molecular formula is C23H43N4O4P. The molecule has 1 aliphatic heterocycles. The predicted octanol–water partition coefficient (Wildman–Crippen LogP) is 4.71. The molecule has 0 aliphatic carbocycles. The lowest BCUT2D eigenvalue weighted by Gasteiger charge is -2.38. The highest BCUT2D eigenvalue weighted by molar-refractivity contribution is 7.44. The Balaban J connectivity index is 2.96. The average molecular weight is 471 g/mol. The van der Waals surface area contributed by atoms with Crippen molar-refractivity contribution in [1.29, 1.82) is 0 Å². The van der Waals surface area contributed by atoms with E-state index in [1.54, 1.807) is 0 Å². The zero-order valence-corrected chi connectivity index (χ0v) is 21.5. The number of amides is 2. The third kappa shape index (κ3) is 10.1. The Hall–Kier alpha value is -1.26. The van der Waals surface area contributed by atoms with E-state index < -0.39 is 8.53 Å². The van der Waals surface area contributed by atoms with E-state index in [9.17, 15) is 9.59 Å². The Labute approximate surface area is 196 Å². The summed E-state index contributed by atoms with van der Waals surface area (Å²) in [6.45, 7) is 18.7. The fraction of sp³-hybridized carbons (Fsp3) is 0.870. The molecule has 0 aromatic heterocycles. The number of unbranched alkanes of at least 4 members (excludes halogenated alkanes) is 4. The lowest BCUT2D eigenvalue weighted by molar-refractivity contribution is -0.136. The van der Waals surface area contributed by atoms with Crippen molar-refractivity contribution in [2.75, 3.05) is 26.2 Å². The number of carbonyl (C=O) groups is 2. The van der Waals surface area contributed by atoms with Crippen LogP contribution in [0.5, 0.6) is 0 Å². The van der Waals surface area contributed by atoms with Crippen LogP contribution in [0.2, 0.25) is 0 Å². The molecule has 0 aromatic carbocycles. The molecular weight excluding hydrogens is 427 g/mol. The summed E-state index contributed by atoms with van der Waals surface area (Å²) in [5, 5.41) is 2.98. The molecule has 1 rings (SSSR count). The van der Waals surface area contributed by atoms with Crippen LogP contribution in [-0.4, -0.2) is 65.9 Å². The van der Waals surface area contributed by atoms with Gasteiger partial charge in [-0.25, -0.2) is 11.2 Å². The second-order valence-corrected chi connectivity index (χ2v) is 9.96. The summed E-state index contributed by atoms with van der Waals surface area (Å²) in [7, 11) is -1.46. The minimum Gasteiger partial charge on any atom is -0.353 e. The highest BCUT2D eigenvalue weighted by Crippen LogP contribution is 2.49. The van der Waals surface area contributed by atoms with Crippen molar-refractivity contribution in [2.45, 2.75) is 104 Å². The normalized spacial score (nSPS) is 21.9. The molecule has 1 N–H and O–H groups in total. The molecule has 32 heavy (non-hydrogen) atoms. The first kappa shape index (κ1) is 28.8. The SMILES string of the molecule is [C-]#[N+]CCOP1OC(CNC(=O)CCCCC)CN(C(=O)CCCCC)C(C)N1C(C)C. The highest BCUT2D eigenvalue weighted by atomic mass is 31.2. The standard InChI is InChI=1S/C23H43N4O4P/c1-7-9-11-13-22(28)25-17-21-18-26(23(29)14-12-10-8-2)20(5)27(19(3)4)32(31-21)30-16-15-24-6/h19-21H,7-18H2,1-5H3,(H,25,28). The molecule has 0 bridgehead atoms. The number of carbonyl (C=O) groups excluding carboxylic acids is 2. The molecule has 1 saturated heterocycles. The fourth-order valence-corrected chi connectivity index (χ4v) is 5.39. The maximum absolute atomic E-state index is 13.1. The van der Waals surface area contributed by atoms with Crippen molar-refractivity contribution in [2.24, 2.45) is 0 Å². The van der Waals surface area contributed by atoms with Crippen LogP contribution >= 0.6 is 8.53 Å². The van der Waals surface area contributed by atoms with Crippen molar-refractivity contribution in [3.63, 3.8) is 0 Å². The van der Waals surface area contributed by atoms with Gasteiger partial charge in [-0.2, -0.15) is 0 Å². The molecule has 184 valence electrons. The van der Waals surface area contributed by atoms with Crippen molar-refractivity contribution in [1.82, 2.24) is 14.9 Å². The molecule has 2 amide bonds. The third-order valence-electron chi connectivity index (χ3n) is 5.44. The number of hydrogen-bond donors (Lipinski definition) is 1. The topological polar surface area (TPSA) is 75.5 Å². The summed E-state index contributed by atoms with van der Waals surface area (Å²) in [6.07, 6.45) is 6.42. The average Bonchev–Trinajstić information content (AvgIpc) is 2.89. The summed E-state index contributed by atoms with van der Waals surface area (Å²) in [5.41, 5.74) is 0. The Morgan fingerprint density at radius 3 is 2.44 bits per heavy atom. The maximum Gasteiger partial charge on any atom is 0.261 e. The number of rotatable bonds is 14. The van der Waals surface area contributed by atoms with Crippen LogP contribution in [0.4, 0.5) is 0 Å². The molecule has 3 unspecified atom stereocenters. The molecule has 0 spiro atoms. The summed E-state index contributed by atoms with van der Waals surface area (Å²) in [5.74, 6) is 0.122. The van der Waals surface area contributed by atoms with Gasteiger partial charge >= 0.3 is 0 Å². The number of nitrogens with zero attached hydrogens (tertiary/aromatic N) is 3. The Kier molecular flexibility index (Phi) is 14.7. The van der Waals surface area contributed by atoms with E-state index >= 15 is 0 Å². The number of hydrogen-bond acceptors (Lipinski definition) is 5. The van der Waals surface area contributed by atoms with Crippen LogP contribution in [0.3, 0.4) is 0 Å². The van der Waals surface area contributed by atoms with Crippen LogP contribution in [-0.2, 0) is 18.6 Å². The van der Waals surface area contributed by atoms with Crippen molar-refractivity contribution in [3.8, 4) is 0 Å². The van der Waals surface area contributed by atoms with Crippen LogP contribution < -0.4 is 5.32 Å². The fourth-order valence-electron chi connectivity index (χ4n) is 3.68. The minimum atomic E-state index is -1.46. The van der Waals surface area contributed by atoms with Gasteiger partial charge in [0.1, 0.15) is 12.7 Å². The Morgan fingerprint density at radius 2 is 1.84 bits per heavy atom. The molecule has 0 saturated carbocycles. The second kappa shape index (κ2) is 16.4. The van der Waals surface area contributed by atoms with Gasteiger partial charge < -0.3 is 24.1 Å². The van der Waals surface area contributed by atoms with E-state index in [0.29, 0.717) is 25.9 Å². The predicted molar refractivity (Wildman–Crippen MR) is 129 cm³/mol. The monoisotopic (exact) mass is 470 g/mol. The van der Waals surface area contributed by atoms with Crippen molar-refractivity contribution >= 4 is 20.3 Å². The molecule has 1 fully saturated rings. The van der Waals surface area contributed by atoms with Crippen molar-refractivity contribution < 1.29 is 18.6 Å². The van der Waals surface area contributed by atoms with Gasteiger partial charge in [-0.3, -0.25) is 9.59 Å². The molecule has 1 aliphatic rings. The lowest BCUT2D eigenvalue weighted by atomic mass is 10.1. The molecule has 3 atom stereocenters. The quantitative estimate of drug-likeness (QED) is 0.226. The zero-order valence-electron chi connectivity index (χ0n) is 20.6. The zero-order chi connectivity index (χ0) is 23.9. The second-order valence-electron chi connectivity index (χ2n) is 8.55. The third-order valence-corrected chi connectivity index (χ3v) is 7.50. The Morgan fingerprint density at radius 1 is 1.19 bits per heavy atom. The van der Waals surface area contributed by atoms with Gasteiger partial charge in [-0.05, 0) is 33.6 Å². The molecule has 0 radical (unpaired) electrons. The van der Waals surface area contributed by atoms with Crippen molar-refractivity contribution in [3.05, 3.63) is 11.4 Å². The summed E-state index contributed by atoms with van der Waals surface area (Å²) < 4.78 is 14.4. The van der Waals surface area contributed by atoms with E-state index in [4.69, 9.17) is 15.6 Å². The van der Waals surface area contributed by atoms with Gasteiger partial charge in [-0.15, -0.1) is 0 Å². The van der Waals surface area contributed by atoms with E-state index in [2.05, 4.69) is 42.5 Å². The van der Waals surface area contributed by atoms with Gasteiger partial charge in [-0.1, -0.05) is 39.5 Å². The van der Waals surface area contributed by atoms with Crippen LogP contribution in [0, 0.1) is 6.57 Å². The smallest absolute Gasteiger partial charge is 0.261 e. The lowest BCUT2D eigenvalue weighted by Crippen LogP contribution is -2.50. The maximum atomic E-state index is 13.1. The van der Waals surface area contributed by atoms with E-state index in [-0.39, 0.29) is 43.3 Å². The van der Waals surface area contributed by atoms with Gasteiger partial charge in [0.2, 0.25) is 18.4 Å². The molecule has 1 heterocycles. The largest absolute Gasteiger partial charge is 0.353 e. The molecule has 0 aromatic rings. The van der Waals surface area contributed by atoms with Gasteiger partial charge in [0.15, 0.2) is 0 Å². The summed E-state index contributed by atoms with van der Waals surface area (Å²) in [4.78, 5) is 30.6. The van der Waals surface area contributed by atoms with E-state index in [0.717, 1.165) is 38.5 Å². The van der Waals surface area contributed by atoms with Gasteiger partial charge in [0.25, 0.3) is 8.53 Å². The van der Waals surface area contributed by atoms with Crippen LogP contribution in [0.1, 0.15) is 86.0 Å². The molecule has 8 nitrogen and oxygen atoms in total. The molecule has 9 heteroatoms. The number of nitrogens with one attached hydrogen (secondary N) is 1. The summed E-state index contributed by atoms with van der Waals surface area (Å²) in [6, 6.07) is 0.0948. The highest BCUT2D eigenvalue weighted by Gasteiger charge is 2.40. The first-order valence-electron chi connectivity index (χ1n) is 12.1. The van der Waals surface area contributed by atoms with Crippen LogP contribution in [0.25, 0.3) is 4.85 Å². The Bertz CT molecular complexity index is 599. The van der Waals surface area contributed by atoms with E-state index in [1.807, 2.05) is 11.8 Å². The van der Waals surface area contributed by atoms with Gasteiger partial charge in [0.05, 0.1) is 12.7 Å². The van der Waals surface area contributed by atoms with E-state index in [1.165, 1.54) is 0 Å². The van der Waals surface area contributed by atoms with Gasteiger partial charge in [0, 0.05) is 25.4 Å². The first-order chi connectivity index (χ1) is 15.3. The first-order valence-corrected chi connectivity index (χ1v) is 13.3. The minimum absolute atomic E-state index is 0.0131. The summed E-state index contributed by atoms with van der Waals surface area (Å²) >= 11 is 0. The van der Waals surface area contributed by atoms with Crippen LogP contribution in [0.15, 0.2) is 0 Å².